The number of hydrogen-bond donors (Lipinski definition) is 2. The summed E-state index contributed by atoms with van der Waals surface area (Å²) in [4.78, 5) is 23.2. The van der Waals surface area contributed by atoms with E-state index in [9.17, 15) is 26.8 Å². The third-order valence-corrected chi connectivity index (χ3v) is 7.30. The molecule has 1 aromatic carbocycles. The van der Waals surface area contributed by atoms with E-state index < -0.39 is 33.5 Å². The molecule has 2 N–H and O–H groups in total. The molecule has 0 aliphatic carbocycles. The molecule has 12 heteroatoms. The molecule has 0 atom stereocenters. The normalized spacial score (nSPS) is 12.1. The van der Waals surface area contributed by atoms with Crippen molar-refractivity contribution in [2.75, 3.05) is 6.54 Å². The van der Waals surface area contributed by atoms with Gasteiger partial charge in [-0.3, -0.25) is 14.1 Å². The zero-order valence-corrected chi connectivity index (χ0v) is 18.9. The minimum Gasteiger partial charge on any atom is -0.352 e. The first-order valence-electron chi connectivity index (χ1n) is 6.18. The fourth-order valence-electron chi connectivity index (χ4n) is 1.56. The van der Waals surface area contributed by atoms with Gasteiger partial charge in [-0.2, -0.15) is 17.2 Å². The predicted octanol–water partition coefficient (Wildman–Crippen LogP) is 3.06. The second-order valence-electron chi connectivity index (χ2n) is 4.52. The van der Waals surface area contributed by atoms with E-state index in [2.05, 4.69) is 50.5 Å². The van der Waals surface area contributed by atoms with Crippen molar-refractivity contribution in [3.63, 3.8) is 0 Å². The van der Waals surface area contributed by atoms with E-state index in [0.29, 0.717) is 5.56 Å². The topological polar surface area (TPSA) is 101 Å². The van der Waals surface area contributed by atoms with Crippen molar-refractivity contribution >= 4 is 89.6 Å². The molecule has 0 saturated heterocycles. The Morgan fingerprint density at radius 2 is 1.79 bits per heavy atom. The van der Waals surface area contributed by atoms with Crippen LogP contribution in [-0.4, -0.2) is 36.5 Å². The van der Waals surface area contributed by atoms with Crippen molar-refractivity contribution in [1.29, 1.82) is 0 Å². The number of benzene rings is 1. The Morgan fingerprint density at radius 1 is 1.21 bits per heavy atom. The van der Waals surface area contributed by atoms with Gasteiger partial charge in [0.05, 0.1) is 5.56 Å². The lowest BCUT2D eigenvalue weighted by Gasteiger charge is -2.12. The number of amides is 1. The molecule has 0 heterocycles. The van der Waals surface area contributed by atoms with Gasteiger partial charge in [-0.25, -0.2) is 0 Å². The number of Topliss-reactive ketones (excluding diaryl/α,β-unsaturated/α-hetero) is 1. The van der Waals surface area contributed by atoms with Crippen LogP contribution in [0.15, 0.2) is 12.1 Å². The minimum atomic E-state index is -5.79. The second-order valence-corrected chi connectivity index (χ2v) is 9.47. The molecule has 0 spiro atoms. The van der Waals surface area contributed by atoms with E-state index in [4.69, 9.17) is 4.55 Å². The third kappa shape index (κ3) is 5.66. The van der Waals surface area contributed by atoms with Gasteiger partial charge in [0, 0.05) is 23.7 Å². The van der Waals surface area contributed by atoms with Crippen LogP contribution in [0.4, 0.5) is 8.78 Å². The van der Waals surface area contributed by atoms with Gasteiger partial charge in [-0.1, -0.05) is 0 Å². The largest absolute Gasteiger partial charge is 0.426 e. The van der Waals surface area contributed by atoms with Crippen LogP contribution in [0.1, 0.15) is 23.2 Å². The number of halogens is 5. The summed E-state index contributed by atoms with van der Waals surface area (Å²) in [5, 5.41) is -2.35. The van der Waals surface area contributed by atoms with Crippen LogP contribution >= 0.6 is 67.8 Å². The Hall–Kier alpha value is 0.320. The molecular weight excluding hydrogens is 689 g/mol. The lowest BCUT2D eigenvalue weighted by atomic mass is 10.2. The molecule has 24 heavy (non-hydrogen) atoms. The van der Waals surface area contributed by atoms with Crippen LogP contribution < -0.4 is 5.32 Å². The van der Waals surface area contributed by atoms with E-state index in [-0.39, 0.29) is 13.0 Å². The first-order chi connectivity index (χ1) is 10.9. The van der Waals surface area contributed by atoms with Gasteiger partial charge in [-0.05, 0) is 86.3 Å². The molecule has 0 aromatic heterocycles. The van der Waals surface area contributed by atoms with Crippen LogP contribution in [0.2, 0.25) is 0 Å². The van der Waals surface area contributed by atoms with Crippen LogP contribution in [-0.2, 0) is 14.9 Å². The van der Waals surface area contributed by atoms with E-state index in [1.807, 2.05) is 28.7 Å². The number of carbonyl (C=O) groups is 2. The van der Waals surface area contributed by atoms with E-state index in [0.717, 1.165) is 10.7 Å². The second kappa shape index (κ2) is 8.81. The highest BCUT2D eigenvalue weighted by molar-refractivity contribution is 14.1. The molecule has 0 radical (unpaired) electrons. The molecule has 134 valence electrons. The fraction of sp³-hybridized carbons (Fsp3) is 0.333. The molecule has 0 fully saturated rings. The summed E-state index contributed by atoms with van der Waals surface area (Å²) < 4.78 is 57.7. The molecule has 1 rings (SSSR count). The Morgan fingerprint density at radius 3 is 2.33 bits per heavy atom. The summed E-state index contributed by atoms with van der Waals surface area (Å²) in [6.07, 6.45) is -0.985. The molecule has 1 aromatic rings. The van der Waals surface area contributed by atoms with E-state index in [1.54, 1.807) is 6.07 Å². The standard InChI is InChI=1S/C12H10F2I3NO5S/c13-12(14,24(21,22)23)9(19)2-1-3-18-11(20)7-4-6(15)5-8(16)10(7)17/h4-5H,1-3H2,(H,18,20)(H,21,22,23). The quantitative estimate of drug-likeness (QED) is 0.198. The summed E-state index contributed by atoms with van der Waals surface area (Å²) in [6, 6.07) is 3.55. The van der Waals surface area contributed by atoms with Crippen molar-refractivity contribution in [3.8, 4) is 0 Å². The highest BCUT2D eigenvalue weighted by atomic mass is 127. The SMILES string of the molecule is O=C(NCCCC(=O)C(F)(F)S(=O)(=O)O)c1cc(I)cc(I)c1I. The lowest BCUT2D eigenvalue weighted by molar-refractivity contribution is -0.133. The summed E-state index contributed by atoms with van der Waals surface area (Å²) in [7, 11) is -5.79. The minimum absolute atomic E-state index is 0.0930. The molecule has 0 saturated carbocycles. The third-order valence-electron chi connectivity index (χ3n) is 2.75. The lowest BCUT2D eigenvalue weighted by Crippen LogP contribution is -2.37. The summed E-state index contributed by atoms with van der Waals surface area (Å²) in [5.41, 5.74) is 0.418. The maximum atomic E-state index is 13.0. The Labute approximate surface area is 177 Å². The molecule has 0 bridgehead atoms. The highest BCUT2D eigenvalue weighted by Gasteiger charge is 2.50. The zero-order chi connectivity index (χ0) is 18.7. The van der Waals surface area contributed by atoms with Crippen LogP contribution in [0, 0.1) is 10.7 Å². The van der Waals surface area contributed by atoms with Gasteiger partial charge in [-0.15, -0.1) is 0 Å². The number of alkyl halides is 2. The number of nitrogens with one attached hydrogen (secondary N) is 1. The van der Waals surface area contributed by atoms with Crippen LogP contribution in [0.3, 0.4) is 0 Å². The van der Waals surface area contributed by atoms with E-state index in [1.165, 1.54) is 0 Å². The van der Waals surface area contributed by atoms with Gasteiger partial charge in [0.2, 0.25) is 5.78 Å². The number of carbonyl (C=O) groups excluding carboxylic acids is 2. The van der Waals surface area contributed by atoms with Gasteiger partial charge in [0.15, 0.2) is 0 Å². The summed E-state index contributed by atoms with van der Waals surface area (Å²) >= 11 is 6.14. The Kier molecular flexibility index (Phi) is 8.21. The van der Waals surface area contributed by atoms with Crippen molar-refractivity contribution in [1.82, 2.24) is 5.32 Å². The Balaban J connectivity index is 2.61. The first kappa shape index (κ1) is 22.4. The average molecular weight is 699 g/mol. The molecule has 0 aliphatic rings. The smallest absolute Gasteiger partial charge is 0.352 e. The molecule has 0 unspecified atom stereocenters. The van der Waals surface area contributed by atoms with E-state index >= 15 is 0 Å². The van der Waals surface area contributed by atoms with Gasteiger partial charge < -0.3 is 5.32 Å². The van der Waals surface area contributed by atoms with Gasteiger partial charge in [0.25, 0.3) is 5.91 Å². The Bertz CT molecular complexity index is 770. The number of rotatable bonds is 7. The maximum absolute atomic E-state index is 13.0. The average Bonchev–Trinajstić information content (AvgIpc) is 2.45. The monoisotopic (exact) mass is 699 g/mol. The summed E-state index contributed by atoms with van der Waals surface area (Å²) in [5.74, 6) is -2.34. The van der Waals surface area contributed by atoms with Crippen molar-refractivity contribution in [2.24, 2.45) is 0 Å². The molecule has 1 amide bonds. The molecule has 0 aliphatic heterocycles. The molecular formula is C12H10F2I3NO5S. The van der Waals surface area contributed by atoms with Gasteiger partial charge >= 0.3 is 15.4 Å². The first-order valence-corrected chi connectivity index (χ1v) is 10.9. The zero-order valence-electron chi connectivity index (χ0n) is 11.7. The highest BCUT2D eigenvalue weighted by Crippen LogP contribution is 2.24. The number of hydrogen-bond acceptors (Lipinski definition) is 4. The maximum Gasteiger partial charge on any atom is 0.426 e. The van der Waals surface area contributed by atoms with Crippen molar-refractivity contribution in [2.45, 2.75) is 18.1 Å². The number of ketones is 1. The van der Waals surface area contributed by atoms with Gasteiger partial charge in [0.1, 0.15) is 0 Å². The fourth-order valence-corrected chi connectivity index (χ4v) is 4.35. The predicted molar refractivity (Wildman–Crippen MR) is 108 cm³/mol. The van der Waals surface area contributed by atoms with Crippen molar-refractivity contribution < 1.29 is 31.3 Å². The van der Waals surface area contributed by atoms with Crippen molar-refractivity contribution in [3.05, 3.63) is 28.4 Å². The molecule has 6 nitrogen and oxygen atoms in total. The van der Waals surface area contributed by atoms with Crippen LogP contribution in [0.5, 0.6) is 0 Å². The summed E-state index contributed by atoms with van der Waals surface area (Å²) in [6.45, 7) is -0.0930. The van der Waals surface area contributed by atoms with Crippen LogP contribution in [0.25, 0.3) is 0 Å².